The van der Waals surface area contributed by atoms with Crippen LogP contribution in [0.25, 0.3) is 11.4 Å². The third-order valence-electron chi connectivity index (χ3n) is 2.45. The molecular formula is C12H14N2O3. The van der Waals surface area contributed by atoms with Crippen molar-refractivity contribution in [2.24, 2.45) is 0 Å². The van der Waals surface area contributed by atoms with Gasteiger partial charge in [0.25, 0.3) is 5.89 Å². The lowest BCUT2D eigenvalue weighted by atomic mass is 10.1. The maximum atomic E-state index is 9.30. The molecule has 1 atom stereocenters. The standard InChI is InChI=1S/C12H14N2O3/c1-7-6-9(4-5-10(7)16-3)11-13-12(8(2)15)17-14-11/h4-6,8,15H,1-3H3. The molecule has 1 unspecified atom stereocenters. The lowest BCUT2D eigenvalue weighted by Gasteiger charge is -2.04. The first-order chi connectivity index (χ1) is 8.11. The summed E-state index contributed by atoms with van der Waals surface area (Å²) in [6.45, 7) is 3.52. The van der Waals surface area contributed by atoms with E-state index in [1.807, 2.05) is 25.1 Å². The quantitative estimate of drug-likeness (QED) is 0.880. The van der Waals surface area contributed by atoms with Gasteiger partial charge >= 0.3 is 0 Å². The zero-order valence-electron chi connectivity index (χ0n) is 9.97. The summed E-state index contributed by atoms with van der Waals surface area (Å²) in [7, 11) is 1.63. The third kappa shape index (κ3) is 2.29. The van der Waals surface area contributed by atoms with E-state index in [4.69, 9.17) is 9.26 Å². The van der Waals surface area contributed by atoms with Gasteiger partial charge in [-0.1, -0.05) is 5.16 Å². The Hall–Kier alpha value is -1.88. The molecule has 1 aromatic heterocycles. The summed E-state index contributed by atoms with van der Waals surface area (Å²) >= 11 is 0. The number of benzene rings is 1. The second-order valence-electron chi connectivity index (χ2n) is 3.82. The predicted molar refractivity (Wildman–Crippen MR) is 61.7 cm³/mol. The molecule has 5 nitrogen and oxygen atoms in total. The lowest BCUT2D eigenvalue weighted by Crippen LogP contribution is -1.91. The Balaban J connectivity index is 2.36. The minimum Gasteiger partial charge on any atom is -0.496 e. The van der Waals surface area contributed by atoms with Crippen molar-refractivity contribution in [1.82, 2.24) is 10.1 Å². The van der Waals surface area contributed by atoms with Crippen molar-refractivity contribution in [1.29, 1.82) is 0 Å². The number of hydrogen-bond acceptors (Lipinski definition) is 5. The summed E-state index contributed by atoms with van der Waals surface area (Å²) in [5.74, 6) is 1.49. The van der Waals surface area contributed by atoms with Crippen molar-refractivity contribution in [3.63, 3.8) is 0 Å². The van der Waals surface area contributed by atoms with E-state index in [0.717, 1.165) is 16.9 Å². The van der Waals surface area contributed by atoms with Gasteiger partial charge in [0.15, 0.2) is 0 Å². The molecule has 0 amide bonds. The second kappa shape index (κ2) is 4.55. The van der Waals surface area contributed by atoms with Crippen molar-refractivity contribution < 1.29 is 14.4 Å². The van der Waals surface area contributed by atoms with Gasteiger partial charge < -0.3 is 14.4 Å². The molecule has 0 spiro atoms. The largest absolute Gasteiger partial charge is 0.496 e. The highest BCUT2D eigenvalue weighted by Crippen LogP contribution is 2.24. The Morgan fingerprint density at radius 2 is 2.18 bits per heavy atom. The maximum absolute atomic E-state index is 9.30. The van der Waals surface area contributed by atoms with E-state index in [2.05, 4.69) is 10.1 Å². The predicted octanol–water partition coefficient (Wildman–Crippen LogP) is 2.11. The van der Waals surface area contributed by atoms with Crippen LogP contribution in [0.2, 0.25) is 0 Å². The van der Waals surface area contributed by atoms with Gasteiger partial charge in [-0.15, -0.1) is 0 Å². The number of nitrogens with zero attached hydrogens (tertiary/aromatic N) is 2. The average Bonchev–Trinajstić information content (AvgIpc) is 2.78. The van der Waals surface area contributed by atoms with E-state index in [0.29, 0.717) is 5.82 Å². The number of hydrogen-bond donors (Lipinski definition) is 1. The second-order valence-corrected chi connectivity index (χ2v) is 3.82. The first-order valence-electron chi connectivity index (χ1n) is 5.28. The van der Waals surface area contributed by atoms with Gasteiger partial charge in [0.1, 0.15) is 11.9 Å². The van der Waals surface area contributed by atoms with Gasteiger partial charge in [0.2, 0.25) is 5.82 Å². The first-order valence-corrected chi connectivity index (χ1v) is 5.28. The molecule has 17 heavy (non-hydrogen) atoms. The van der Waals surface area contributed by atoms with Crippen molar-refractivity contribution >= 4 is 0 Å². The SMILES string of the molecule is COc1ccc(-c2noc(C(C)O)n2)cc1C. The molecule has 0 aliphatic heterocycles. The van der Waals surface area contributed by atoms with Gasteiger partial charge in [-0.3, -0.25) is 0 Å². The fourth-order valence-electron chi connectivity index (χ4n) is 1.54. The molecule has 0 radical (unpaired) electrons. The number of rotatable bonds is 3. The number of aryl methyl sites for hydroxylation is 1. The molecule has 2 aromatic rings. The summed E-state index contributed by atoms with van der Waals surface area (Å²) in [6, 6.07) is 5.61. The zero-order chi connectivity index (χ0) is 12.4. The van der Waals surface area contributed by atoms with Crippen LogP contribution in [-0.2, 0) is 0 Å². The molecule has 0 aliphatic carbocycles. The first kappa shape index (κ1) is 11.6. The molecule has 0 saturated heterocycles. The number of aromatic nitrogens is 2. The topological polar surface area (TPSA) is 68.4 Å². The monoisotopic (exact) mass is 234 g/mol. The highest BCUT2D eigenvalue weighted by atomic mass is 16.5. The van der Waals surface area contributed by atoms with Crippen molar-refractivity contribution in [3.8, 4) is 17.1 Å². The number of aliphatic hydroxyl groups excluding tert-OH is 1. The number of methoxy groups -OCH3 is 1. The Morgan fingerprint density at radius 1 is 1.41 bits per heavy atom. The summed E-state index contributed by atoms with van der Waals surface area (Å²) < 4.78 is 10.1. The molecule has 0 saturated carbocycles. The molecule has 1 heterocycles. The molecule has 0 aliphatic rings. The highest BCUT2D eigenvalue weighted by Gasteiger charge is 2.13. The Labute approximate surface area is 99.0 Å². The van der Waals surface area contributed by atoms with Crippen LogP contribution in [0, 0.1) is 6.92 Å². The molecule has 0 fully saturated rings. The zero-order valence-corrected chi connectivity index (χ0v) is 9.97. The van der Waals surface area contributed by atoms with E-state index >= 15 is 0 Å². The van der Waals surface area contributed by atoms with Crippen LogP contribution in [0.3, 0.4) is 0 Å². The molecule has 90 valence electrons. The van der Waals surface area contributed by atoms with Crippen molar-refractivity contribution in [3.05, 3.63) is 29.7 Å². The van der Waals surface area contributed by atoms with Gasteiger partial charge in [-0.2, -0.15) is 4.98 Å². The van der Waals surface area contributed by atoms with Crippen LogP contribution in [-0.4, -0.2) is 22.4 Å². The van der Waals surface area contributed by atoms with Crippen molar-refractivity contribution in [2.75, 3.05) is 7.11 Å². The van der Waals surface area contributed by atoms with E-state index in [1.165, 1.54) is 0 Å². The number of ether oxygens (including phenoxy) is 1. The fourth-order valence-corrected chi connectivity index (χ4v) is 1.54. The van der Waals surface area contributed by atoms with E-state index in [1.54, 1.807) is 14.0 Å². The summed E-state index contributed by atoms with van der Waals surface area (Å²) in [6.07, 6.45) is -0.754. The van der Waals surface area contributed by atoms with E-state index in [9.17, 15) is 5.11 Å². The van der Waals surface area contributed by atoms with Gasteiger partial charge in [-0.25, -0.2) is 0 Å². The van der Waals surface area contributed by atoms with Crippen LogP contribution in [0.1, 0.15) is 24.5 Å². The minimum atomic E-state index is -0.754. The van der Waals surface area contributed by atoms with Gasteiger partial charge in [0, 0.05) is 5.56 Å². The average molecular weight is 234 g/mol. The van der Waals surface area contributed by atoms with Crippen LogP contribution in [0.4, 0.5) is 0 Å². The highest BCUT2D eigenvalue weighted by molar-refractivity contribution is 5.58. The smallest absolute Gasteiger partial charge is 0.255 e. The van der Waals surface area contributed by atoms with Crippen LogP contribution in [0.15, 0.2) is 22.7 Å². The molecule has 2 rings (SSSR count). The van der Waals surface area contributed by atoms with Crippen LogP contribution in [0.5, 0.6) is 5.75 Å². The molecule has 0 bridgehead atoms. The number of aliphatic hydroxyl groups is 1. The summed E-state index contributed by atoms with van der Waals surface area (Å²) in [5, 5.41) is 13.1. The third-order valence-corrected chi connectivity index (χ3v) is 2.45. The Kier molecular flexibility index (Phi) is 3.10. The van der Waals surface area contributed by atoms with Gasteiger partial charge in [0.05, 0.1) is 7.11 Å². The maximum Gasteiger partial charge on any atom is 0.255 e. The normalized spacial score (nSPS) is 12.5. The molecular weight excluding hydrogens is 220 g/mol. The van der Waals surface area contributed by atoms with E-state index < -0.39 is 6.10 Å². The summed E-state index contributed by atoms with van der Waals surface area (Å²) in [5.41, 5.74) is 1.83. The van der Waals surface area contributed by atoms with Crippen LogP contribution < -0.4 is 4.74 Å². The fraction of sp³-hybridized carbons (Fsp3) is 0.333. The molecule has 5 heteroatoms. The Bertz CT molecular complexity index is 520. The minimum absolute atomic E-state index is 0.216. The summed E-state index contributed by atoms with van der Waals surface area (Å²) in [4.78, 5) is 4.11. The Morgan fingerprint density at radius 3 is 2.71 bits per heavy atom. The van der Waals surface area contributed by atoms with Crippen LogP contribution >= 0.6 is 0 Å². The lowest BCUT2D eigenvalue weighted by molar-refractivity contribution is 0.152. The molecule has 1 N–H and O–H groups in total. The molecule has 1 aromatic carbocycles. The van der Waals surface area contributed by atoms with E-state index in [-0.39, 0.29) is 5.89 Å². The van der Waals surface area contributed by atoms with Gasteiger partial charge in [-0.05, 0) is 37.6 Å². The van der Waals surface area contributed by atoms with Crippen molar-refractivity contribution in [2.45, 2.75) is 20.0 Å².